The number of Topliss-reactive ketones (excluding diaryl/α,β-unsaturated/α-hetero) is 1. The summed E-state index contributed by atoms with van der Waals surface area (Å²) in [4.78, 5) is 27.3. The molecule has 4 aromatic rings. The maximum Gasteiger partial charge on any atom is 0.295 e. The third kappa shape index (κ3) is 4.92. The fraction of sp³-hybridized carbons (Fsp3) is 0.161. The predicted octanol–water partition coefficient (Wildman–Crippen LogP) is 5.16. The van der Waals surface area contributed by atoms with E-state index >= 15 is 0 Å². The monoisotopic (exact) mass is 477 g/mol. The first-order valence-corrected chi connectivity index (χ1v) is 12.0. The van der Waals surface area contributed by atoms with Crippen LogP contribution < -0.4 is 4.74 Å². The van der Waals surface area contributed by atoms with Gasteiger partial charge < -0.3 is 14.7 Å². The molecule has 1 aliphatic heterocycles. The molecule has 5 heteroatoms. The summed E-state index contributed by atoms with van der Waals surface area (Å²) >= 11 is 0. The zero-order valence-electron chi connectivity index (χ0n) is 19.8. The molecule has 180 valence electrons. The van der Waals surface area contributed by atoms with E-state index in [9.17, 15) is 14.7 Å². The Morgan fingerprint density at radius 1 is 0.750 bits per heavy atom. The van der Waals surface area contributed by atoms with Crippen molar-refractivity contribution in [3.05, 3.63) is 137 Å². The minimum absolute atomic E-state index is 0.231. The largest absolute Gasteiger partial charge is 0.491 e. The molecule has 5 rings (SSSR count). The van der Waals surface area contributed by atoms with Gasteiger partial charge >= 0.3 is 0 Å². The number of nitrogens with zero attached hydrogens (tertiary/aromatic N) is 1. The van der Waals surface area contributed by atoms with Crippen molar-refractivity contribution in [2.24, 2.45) is 0 Å². The van der Waals surface area contributed by atoms with Gasteiger partial charge in [-0.1, -0.05) is 97.1 Å². The van der Waals surface area contributed by atoms with E-state index in [2.05, 4.69) is 0 Å². The maximum absolute atomic E-state index is 13.0. The van der Waals surface area contributed by atoms with E-state index in [1.54, 1.807) is 24.3 Å². The molecule has 1 heterocycles. The quantitative estimate of drug-likeness (QED) is 0.308. The van der Waals surface area contributed by atoms with Gasteiger partial charge in [0.05, 0.1) is 12.6 Å². The normalized spacial score (nSPS) is 13.9. The molecule has 1 atom stereocenters. The summed E-state index contributed by atoms with van der Waals surface area (Å²) in [6.45, 7) is 0.828. The van der Waals surface area contributed by atoms with Gasteiger partial charge in [0.15, 0.2) is 0 Å². The number of hydrogen-bond donors (Lipinski definition) is 1. The molecule has 0 fully saturated rings. The van der Waals surface area contributed by atoms with Crippen LogP contribution in [0.3, 0.4) is 0 Å². The van der Waals surface area contributed by atoms with Crippen molar-refractivity contribution in [3.63, 3.8) is 0 Å². The molecule has 1 amide bonds. The average Bonchev–Trinajstić information content (AvgIpc) is 3.16. The number of hydrogen-bond acceptors (Lipinski definition) is 4. The summed E-state index contributed by atoms with van der Waals surface area (Å²) in [5.41, 5.74) is 3.86. The highest BCUT2D eigenvalue weighted by Gasteiger charge is 2.29. The lowest BCUT2D eigenvalue weighted by atomic mass is 9.83. The molecule has 4 aromatic carbocycles. The number of aliphatic hydroxyl groups is 1. The highest BCUT2D eigenvalue weighted by atomic mass is 16.5. The molecule has 1 aliphatic rings. The van der Waals surface area contributed by atoms with Crippen LogP contribution in [0, 0.1) is 0 Å². The molecule has 0 aromatic heterocycles. The van der Waals surface area contributed by atoms with Crippen molar-refractivity contribution in [1.29, 1.82) is 0 Å². The molecular weight excluding hydrogens is 450 g/mol. The van der Waals surface area contributed by atoms with E-state index in [0.29, 0.717) is 24.5 Å². The van der Waals surface area contributed by atoms with E-state index in [1.165, 1.54) is 4.90 Å². The van der Waals surface area contributed by atoms with Crippen LogP contribution in [0.4, 0.5) is 0 Å². The van der Waals surface area contributed by atoms with Crippen LogP contribution in [0.25, 0.3) is 0 Å². The lowest BCUT2D eigenvalue weighted by Crippen LogP contribution is -2.37. The summed E-state index contributed by atoms with van der Waals surface area (Å²) in [5.74, 6) is -0.711. The highest BCUT2D eigenvalue weighted by molar-refractivity contribution is 6.42. The zero-order valence-corrected chi connectivity index (χ0v) is 19.8. The first-order valence-electron chi connectivity index (χ1n) is 12.0. The Morgan fingerprint density at radius 3 is 1.94 bits per heavy atom. The predicted molar refractivity (Wildman–Crippen MR) is 138 cm³/mol. The maximum atomic E-state index is 13.0. The summed E-state index contributed by atoms with van der Waals surface area (Å²) in [7, 11) is 0. The Kier molecular flexibility index (Phi) is 6.92. The topological polar surface area (TPSA) is 66.8 Å². The fourth-order valence-corrected chi connectivity index (χ4v) is 4.70. The third-order valence-electron chi connectivity index (χ3n) is 6.56. The van der Waals surface area contributed by atoms with Crippen LogP contribution in [0.1, 0.15) is 44.6 Å². The van der Waals surface area contributed by atoms with Gasteiger partial charge in [0, 0.05) is 23.6 Å². The number of carbonyl (C=O) groups excluding carboxylic acids is 2. The van der Waals surface area contributed by atoms with Crippen molar-refractivity contribution in [3.8, 4) is 5.75 Å². The van der Waals surface area contributed by atoms with Crippen molar-refractivity contribution in [1.82, 2.24) is 4.90 Å². The van der Waals surface area contributed by atoms with Crippen molar-refractivity contribution in [2.75, 3.05) is 13.2 Å². The minimum Gasteiger partial charge on any atom is -0.491 e. The number of rotatable bonds is 6. The number of fused-ring (bicyclic) bond motifs is 1. The van der Waals surface area contributed by atoms with Crippen molar-refractivity contribution in [2.45, 2.75) is 18.6 Å². The van der Waals surface area contributed by atoms with E-state index in [0.717, 1.165) is 22.3 Å². The lowest BCUT2D eigenvalue weighted by molar-refractivity contribution is -0.127. The Hall–Kier alpha value is -4.22. The second kappa shape index (κ2) is 10.6. The van der Waals surface area contributed by atoms with E-state index < -0.39 is 17.8 Å². The van der Waals surface area contributed by atoms with Gasteiger partial charge in [-0.2, -0.15) is 0 Å². The molecule has 0 aliphatic carbocycles. The molecule has 1 N–H and O–H groups in total. The molecule has 0 saturated heterocycles. The molecule has 0 saturated carbocycles. The smallest absolute Gasteiger partial charge is 0.295 e. The summed E-state index contributed by atoms with van der Waals surface area (Å²) in [6, 6.07) is 34.0. The van der Waals surface area contributed by atoms with Gasteiger partial charge in [-0.05, 0) is 28.8 Å². The van der Waals surface area contributed by atoms with Gasteiger partial charge in [-0.3, -0.25) is 9.59 Å². The highest BCUT2D eigenvalue weighted by Crippen LogP contribution is 2.38. The SMILES string of the molecule is O=C(C(=O)N1CCOc2ccc([C@H](O)C(c3ccccc3)c3ccccc3)cc2C1)c1ccccc1. The van der Waals surface area contributed by atoms with E-state index in [-0.39, 0.29) is 12.5 Å². The minimum atomic E-state index is -0.821. The number of ether oxygens (including phenoxy) is 1. The molecule has 0 spiro atoms. The van der Waals surface area contributed by atoms with Crippen molar-refractivity contribution < 1.29 is 19.4 Å². The van der Waals surface area contributed by atoms with Gasteiger partial charge in [0.1, 0.15) is 12.4 Å². The molecule has 0 bridgehead atoms. The number of benzene rings is 4. The van der Waals surface area contributed by atoms with Gasteiger partial charge in [-0.25, -0.2) is 0 Å². The van der Waals surface area contributed by atoms with Gasteiger partial charge in [0.2, 0.25) is 5.78 Å². The Morgan fingerprint density at radius 2 is 1.33 bits per heavy atom. The second-order valence-corrected chi connectivity index (χ2v) is 8.88. The summed E-state index contributed by atoms with van der Waals surface area (Å²) in [6.07, 6.45) is -0.821. The van der Waals surface area contributed by atoms with Crippen LogP contribution in [-0.4, -0.2) is 34.8 Å². The zero-order chi connectivity index (χ0) is 24.9. The molecule has 0 radical (unpaired) electrons. The van der Waals surface area contributed by atoms with E-state index in [4.69, 9.17) is 4.74 Å². The van der Waals surface area contributed by atoms with Crippen molar-refractivity contribution >= 4 is 11.7 Å². The van der Waals surface area contributed by atoms with Gasteiger partial charge in [-0.15, -0.1) is 0 Å². The third-order valence-corrected chi connectivity index (χ3v) is 6.56. The first-order chi connectivity index (χ1) is 17.6. The first kappa shape index (κ1) is 23.5. The fourth-order valence-electron chi connectivity index (χ4n) is 4.70. The van der Waals surface area contributed by atoms with Crippen LogP contribution >= 0.6 is 0 Å². The average molecular weight is 478 g/mol. The second-order valence-electron chi connectivity index (χ2n) is 8.88. The van der Waals surface area contributed by atoms with Crippen LogP contribution in [0.15, 0.2) is 109 Å². The molecular formula is C31H27NO4. The van der Waals surface area contributed by atoms with Gasteiger partial charge in [0.25, 0.3) is 5.91 Å². The number of amides is 1. The molecule has 36 heavy (non-hydrogen) atoms. The number of aliphatic hydroxyl groups excluding tert-OH is 1. The Balaban J connectivity index is 1.44. The van der Waals surface area contributed by atoms with Crippen LogP contribution in [0.2, 0.25) is 0 Å². The molecule has 0 unspecified atom stereocenters. The molecule has 5 nitrogen and oxygen atoms in total. The van der Waals surface area contributed by atoms with Crippen LogP contribution in [-0.2, 0) is 11.3 Å². The van der Waals surface area contributed by atoms with E-state index in [1.807, 2.05) is 84.9 Å². The number of ketones is 1. The Bertz CT molecular complexity index is 1300. The summed E-state index contributed by atoms with van der Waals surface area (Å²) in [5, 5.41) is 11.6. The number of carbonyl (C=O) groups is 2. The lowest BCUT2D eigenvalue weighted by Gasteiger charge is -2.25. The summed E-state index contributed by atoms with van der Waals surface area (Å²) < 4.78 is 5.89. The standard InChI is InChI=1S/C31H27NO4/c33-29(28(22-10-4-1-5-11-22)23-12-6-2-7-13-23)25-16-17-27-26(20-25)21-32(18-19-36-27)31(35)30(34)24-14-8-3-9-15-24/h1-17,20,28-29,33H,18-19,21H2/t29-/m0/s1. The Labute approximate surface area is 210 Å². The van der Waals surface area contributed by atoms with Crippen LogP contribution in [0.5, 0.6) is 5.75 Å².